The number of hydrogen-bond donors (Lipinski definition) is 1. The van der Waals surface area contributed by atoms with E-state index in [2.05, 4.69) is 21.4 Å². The highest BCUT2D eigenvalue weighted by atomic mass is 35.5. The minimum atomic E-state index is -0.723. The van der Waals surface area contributed by atoms with E-state index in [0.29, 0.717) is 12.0 Å². The number of nitrogens with two attached hydrogens (primary N) is 1. The molecule has 2 aromatic heterocycles. The predicted octanol–water partition coefficient (Wildman–Crippen LogP) is 5.54. The first-order valence-electron chi connectivity index (χ1n) is 10.4. The second kappa shape index (κ2) is 8.47. The van der Waals surface area contributed by atoms with Gasteiger partial charge in [0.25, 0.3) is 0 Å². The lowest BCUT2D eigenvalue weighted by atomic mass is 9.97. The van der Waals surface area contributed by atoms with Crippen molar-refractivity contribution in [1.29, 1.82) is 5.26 Å². The van der Waals surface area contributed by atoms with Gasteiger partial charge >= 0.3 is 6.01 Å². The molecule has 0 aliphatic carbocycles. The SMILES string of the molecule is C=C1CCN(C)[C@@H]1COc1ncc2cc(Cl)c(-c3ccc(F)c4sc(N)c(C#N)c34)c(F)c2n1. The van der Waals surface area contributed by atoms with Crippen LogP contribution in [-0.4, -0.2) is 41.1 Å². The van der Waals surface area contributed by atoms with Crippen molar-refractivity contribution in [3.05, 3.63) is 58.8 Å². The highest BCUT2D eigenvalue weighted by Gasteiger charge is 2.26. The van der Waals surface area contributed by atoms with E-state index in [1.54, 1.807) is 0 Å². The van der Waals surface area contributed by atoms with Gasteiger partial charge in [0, 0.05) is 29.1 Å². The number of hydrogen-bond acceptors (Lipinski definition) is 7. The predicted molar refractivity (Wildman–Crippen MR) is 130 cm³/mol. The molecule has 1 aliphatic rings. The Morgan fingerprint density at radius 1 is 1.41 bits per heavy atom. The van der Waals surface area contributed by atoms with Gasteiger partial charge in [-0.1, -0.05) is 29.8 Å². The smallest absolute Gasteiger partial charge is 0.317 e. The number of nitriles is 1. The molecule has 34 heavy (non-hydrogen) atoms. The third-order valence-corrected chi connectivity index (χ3v) is 7.43. The summed E-state index contributed by atoms with van der Waals surface area (Å²) >= 11 is 7.39. The largest absolute Gasteiger partial charge is 0.461 e. The third-order valence-electron chi connectivity index (χ3n) is 6.10. The maximum Gasteiger partial charge on any atom is 0.317 e. The van der Waals surface area contributed by atoms with Gasteiger partial charge in [-0.05, 0) is 31.2 Å². The summed E-state index contributed by atoms with van der Waals surface area (Å²) in [5.41, 5.74) is 7.33. The number of likely N-dealkylation sites (N-methyl/N-ethyl adjacent to an activating group) is 1. The zero-order valence-electron chi connectivity index (χ0n) is 18.0. The molecule has 0 spiro atoms. The summed E-state index contributed by atoms with van der Waals surface area (Å²) in [4.78, 5) is 10.6. The van der Waals surface area contributed by atoms with Crippen LogP contribution in [-0.2, 0) is 0 Å². The van der Waals surface area contributed by atoms with Gasteiger partial charge in [-0.25, -0.2) is 13.8 Å². The number of nitrogen functional groups attached to an aromatic ring is 1. The number of anilines is 1. The van der Waals surface area contributed by atoms with Crippen LogP contribution in [0.2, 0.25) is 5.02 Å². The van der Waals surface area contributed by atoms with Gasteiger partial charge in [-0.15, -0.1) is 11.3 Å². The number of fused-ring (bicyclic) bond motifs is 2. The zero-order chi connectivity index (χ0) is 24.1. The molecule has 1 aliphatic heterocycles. The van der Waals surface area contributed by atoms with Crippen molar-refractivity contribution in [2.75, 3.05) is 25.9 Å². The second-order valence-electron chi connectivity index (χ2n) is 8.11. The van der Waals surface area contributed by atoms with E-state index >= 15 is 4.39 Å². The average Bonchev–Trinajstić information content (AvgIpc) is 3.32. The van der Waals surface area contributed by atoms with Gasteiger partial charge in [0.2, 0.25) is 0 Å². The Labute approximate surface area is 202 Å². The summed E-state index contributed by atoms with van der Waals surface area (Å²) in [6.07, 6.45) is 2.33. The zero-order valence-corrected chi connectivity index (χ0v) is 19.6. The van der Waals surface area contributed by atoms with Gasteiger partial charge in [-0.3, -0.25) is 4.90 Å². The fraction of sp³-hybridized carbons (Fsp3) is 0.208. The van der Waals surface area contributed by atoms with E-state index in [0.717, 1.165) is 29.9 Å². The van der Waals surface area contributed by atoms with Crippen molar-refractivity contribution in [1.82, 2.24) is 14.9 Å². The van der Waals surface area contributed by atoms with Crippen molar-refractivity contribution in [3.63, 3.8) is 0 Å². The first-order chi connectivity index (χ1) is 16.3. The number of halogens is 3. The van der Waals surface area contributed by atoms with E-state index < -0.39 is 11.6 Å². The molecule has 2 aromatic carbocycles. The quantitative estimate of drug-likeness (QED) is 0.373. The molecule has 5 rings (SSSR count). The Morgan fingerprint density at radius 3 is 2.91 bits per heavy atom. The van der Waals surface area contributed by atoms with Crippen LogP contribution in [0.1, 0.15) is 12.0 Å². The Hall–Kier alpha value is -3.32. The molecular weight excluding hydrogens is 480 g/mol. The average molecular weight is 498 g/mol. The van der Waals surface area contributed by atoms with Crippen molar-refractivity contribution < 1.29 is 13.5 Å². The minimum absolute atomic E-state index is 0.00187. The highest BCUT2D eigenvalue weighted by Crippen LogP contribution is 2.44. The first-order valence-corrected chi connectivity index (χ1v) is 11.6. The van der Waals surface area contributed by atoms with Crippen LogP contribution in [0, 0.1) is 23.0 Å². The van der Waals surface area contributed by atoms with Crippen LogP contribution in [0.25, 0.3) is 32.1 Å². The molecule has 0 saturated carbocycles. The van der Waals surface area contributed by atoms with Crippen LogP contribution >= 0.6 is 22.9 Å². The Bertz CT molecular complexity index is 1530. The van der Waals surface area contributed by atoms with Gasteiger partial charge in [0.05, 0.1) is 21.3 Å². The molecule has 1 fully saturated rings. The van der Waals surface area contributed by atoms with Crippen molar-refractivity contribution in [3.8, 4) is 23.2 Å². The lowest BCUT2D eigenvalue weighted by Gasteiger charge is -2.19. The molecule has 4 aromatic rings. The molecule has 0 radical (unpaired) electrons. The molecule has 1 saturated heterocycles. The molecule has 10 heteroatoms. The van der Waals surface area contributed by atoms with Crippen LogP contribution in [0.3, 0.4) is 0 Å². The maximum atomic E-state index is 15.9. The van der Waals surface area contributed by atoms with E-state index in [-0.39, 0.29) is 54.4 Å². The summed E-state index contributed by atoms with van der Waals surface area (Å²) < 4.78 is 36.3. The third kappa shape index (κ3) is 3.55. The summed E-state index contributed by atoms with van der Waals surface area (Å²) in [6, 6.07) is 6.17. The summed E-state index contributed by atoms with van der Waals surface area (Å²) in [7, 11) is 1.98. The molecule has 1 atom stereocenters. The van der Waals surface area contributed by atoms with Crippen LogP contribution in [0.15, 0.2) is 36.5 Å². The van der Waals surface area contributed by atoms with Crippen LogP contribution < -0.4 is 10.5 Å². The van der Waals surface area contributed by atoms with Gasteiger partial charge in [-0.2, -0.15) is 10.2 Å². The van der Waals surface area contributed by atoms with Crippen molar-refractivity contribution >= 4 is 48.9 Å². The van der Waals surface area contributed by atoms with Gasteiger partial charge in [0.1, 0.15) is 29.0 Å². The summed E-state index contributed by atoms with van der Waals surface area (Å²) in [5, 5.41) is 10.4. The molecule has 172 valence electrons. The van der Waals surface area contributed by atoms with Crippen molar-refractivity contribution in [2.45, 2.75) is 12.5 Å². The summed E-state index contributed by atoms with van der Waals surface area (Å²) in [6.45, 7) is 5.26. The number of ether oxygens (including phenoxy) is 1. The Balaban J connectivity index is 1.63. The monoisotopic (exact) mass is 497 g/mol. The highest BCUT2D eigenvalue weighted by molar-refractivity contribution is 7.23. The molecule has 0 amide bonds. The second-order valence-corrected chi connectivity index (χ2v) is 9.57. The summed E-state index contributed by atoms with van der Waals surface area (Å²) in [5.74, 6) is -1.27. The van der Waals surface area contributed by atoms with E-state index in [1.165, 1.54) is 24.4 Å². The number of nitrogens with zero attached hydrogens (tertiary/aromatic N) is 4. The first kappa shape index (κ1) is 22.5. The van der Waals surface area contributed by atoms with E-state index in [9.17, 15) is 9.65 Å². The number of aromatic nitrogens is 2. The van der Waals surface area contributed by atoms with Crippen LogP contribution in [0.4, 0.5) is 13.8 Å². The molecular formula is C24H18ClF2N5OS. The number of thiophene rings is 1. The van der Waals surface area contributed by atoms with Crippen molar-refractivity contribution in [2.24, 2.45) is 0 Å². The number of likely N-dealkylation sites (tertiary alicyclic amines) is 1. The lowest BCUT2D eigenvalue weighted by molar-refractivity contribution is 0.203. The van der Waals surface area contributed by atoms with E-state index in [4.69, 9.17) is 22.1 Å². The fourth-order valence-corrected chi connectivity index (χ4v) is 5.52. The standard InChI is InChI=1S/C24H18ClF2N5OS/c1-11-5-6-32(2)17(11)10-33-24-30-9-12-7-15(25)19(20(27)21(12)31-24)13-3-4-16(26)22-18(13)14(8-28)23(29)34-22/h3-4,7,9,17H,1,5-6,10,29H2,2H3/t17-/m1/s1. The van der Waals surface area contributed by atoms with E-state index in [1.807, 2.05) is 13.1 Å². The maximum absolute atomic E-state index is 15.9. The van der Waals surface area contributed by atoms with Crippen LogP contribution in [0.5, 0.6) is 6.01 Å². The van der Waals surface area contributed by atoms with Gasteiger partial charge in [0.15, 0.2) is 5.82 Å². The molecule has 3 heterocycles. The lowest BCUT2D eigenvalue weighted by Crippen LogP contribution is -2.31. The molecule has 0 unspecified atom stereocenters. The normalized spacial score (nSPS) is 16.4. The minimum Gasteiger partial charge on any atom is -0.461 e. The fourth-order valence-electron chi connectivity index (χ4n) is 4.27. The number of rotatable bonds is 4. The number of benzene rings is 2. The Kier molecular flexibility index (Phi) is 5.60. The van der Waals surface area contributed by atoms with Gasteiger partial charge < -0.3 is 10.5 Å². The Morgan fingerprint density at radius 2 is 2.21 bits per heavy atom. The molecule has 6 nitrogen and oxygen atoms in total. The molecule has 2 N–H and O–H groups in total. The topological polar surface area (TPSA) is 88.1 Å². The molecule has 0 bridgehead atoms.